The second-order valence-corrected chi connectivity index (χ2v) is 5.86. The van der Waals surface area contributed by atoms with E-state index in [1.165, 1.54) is 4.31 Å². The molecule has 0 aliphatic heterocycles. The van der Waals surface area contributed by atoms with E-state index in [4.69, 9.17) is 5.11 Å². The van der Waals surface area contributed by atoms with Gasteiger partial charge in [0.15, 0.2) is 0 Å². The molecule has 0 fully saturated rings. The highest BCUT2D eigenvalue weighted by atomic mass is 32.2. The second-order valence-electron chi connectivity index (χ2n) is 3.82. The average molecular weight is 251 g/mol. The highest BCUT2D eigenvalue weighted by Crippen LogP contribution is 2.12. The topological polar surface area (TPSA) is 74.7 Å². The van der Waals surface area contributed by atoms with Crippen molar-refractivity contribution in [3.8, 4) is 0 Å². The number of nitrogens with zero attached hydrogens (tertiary/aromatic N) is 1. The van der Waals surface area contributed by atoms with Gasteiger partial charge < -0.3 is 5.11 Å². The van der Waals surface area contributed by atoms with Gasteiger partial charge in [-0.15, -0.1) is 0 Å². The van der Waals surface area contributed by atoms with Crippen LogP contribution in [-0.2, 0) is 14.8 Å². The number of rotatable bonds is 8. The number of sulfonamides is 1. The molecule has 0 bridgehead atoms. The Bertz CT molecular complexity index is 313. The molecule has 0 amide bonds. The van der Waals surface area contributed by atoms with Crippen LogP contribution in [0.25, 0.3) is 0 Å². The van der Waals surface area contributed by atoms with Crippen LogP contribution in [0.4, 0.5) is 0 Å². The lowest BCUT2D eigenvalue weighted by Crippen LogP contribution is -2.40. The summed E-state index contributed by atoms with van der Waals surface area (Å²) in [6.07, 6.45) is 1.27. The Kier molecular flexibility index (Phi) is 6.59. The van der Waals surface area contributed by atoms with Gasteiger partial charge in [-0.25, -0.2) is 8.42 Å². The van der Waals surface area contributed by atoms with E-state index in [1.807, 2.05) is 6.92 Å². The molecular weight excluding hydrogens is 230 g/mol. The number of carbonyl (C=O) groups is 1. The van der Waals surface area contributed by atoms with Crippen molar-refractivity contribution < 1.29 is 18.3 Å². The summed E-state index contributed by atoms with van der Waals surface area (Å²) >= 11 is 0. The maximum absolute atomic E-state index is 11.9. The van der Waals surface area contributed by atoms with E-state index in [-0.39, 0.29) is 12.2 Å². The third kappa shape index (κ3) is 4.94. The van der Waals surface area contributed by atoms with Gasteiger partial charge in [-0.1, -0.05) is 20.3 Å². The summed E-state index contributed by atoms with van der Waals surface area (Å²) in [6.45, 7) is 5.59. The molecule has 0 aromatic rings. The summed E-state index contributed by atoms with van der Waals surface area (Å²) in [7, 11) is -3.31. The normalized spacial score (nSPS) is 14.0. The first-order valence-corrected chi connectivity index (χ1v) is 7.17. The summed E-state index contributed by atoms with van der Waals surface area (Å²) in [5.41, 5.74) is 0. The predicted molar refractivity (Wildman–Crippen MR) is 62.8 cm³/mol. The van der Waals surface area contributed by atoms with Crippen LogP contribution in [0, 0.1) is 0 Å². The number of unbranched alkanes of at least 4 members (excludes halogenated alkanes) is 1. The Morgan fingerprint density at radius 3 is 2.31 bits per heavy atom. The summed E-state index contributed by atoms with van der Waals surface area (Å²) < 4.78 is 25.0. The van der Waals surface area contributed by atoms with E-state index in [1.54, 1.807) is 13.8 Å². The van der Waals surface area contributed by atoms with Crippen molar-refractivity contribution in [2.75, 3.05) is 12.3 Å². The zero-order valence-electron chi connectivity index (χ0n) is 10.1. The Labute approximate surface area is 97.5 Å². The summed E-state index contributed by atoms with van der Waals surface area (Å²) in [6, 6.07) is -0.482. The molecule has 0 spiro atoms. The van der Waals surface area contributed by atoms with Gasteiger partial charge in [0.05, 0.1) is 12.2 Å². The van der Waals surface area contributed by atoms with Crippen molar-refractivity contribution in [2.45, 2.75) is 46.1 Å². The van der Waals surface area contributed by atoms with Gasteiger partial charge in [0.2, 0.25) is 10.0 Å². The molecular formula is C10H21NO4S. The lowest BCUT2D eigenvalue weighted by molar-refractivity contribution is -0.137. The van der Waals surface area contributed by atoms with Crippen LogP contribution in [0.1, 0.15) is 40.0 Å². The van der Waals surface area contributed by atoms with Crippen LogP contribution < -0.4 is 0 Å². The Morgan fingerprint density at radius 2 is 1.94 bits per heavy atom. The van der Waals surface area contributed by atoms with E-state index < -0.39 is 22.0 Å². The molecule has 0 saturated heterocycles. The maximum Gasteiger partial charge on any atom is 0.304 e. The molecule has 0 rings (SSSR count). The number of aliphatic carboxylic acids is 1. The van der Waals surface area contributed by atoms with E-state index in [9.17, 15) is 13.2 Å². The molecule has 0 heterocycles. The molecule has 0 aromatic heterocycles. The molecule has 1 atom stereocenters. The fourth-order valence-electron chi connectivity index (χ4n) is 1.58. The monoisotopic (exact) mass is 251 g/mol. The van der Waals surface area contributed by atoms with E-state index in [0.717, 1.165) is 6.42 Å². The van der Waals surface area contributed by atoms with Crippen molar-refractivity contribution in [3.63, 3.8) is 0 Å². The van der Waals surface area contributed by atoms with E-state index in [0.29, 0.717) is 13.0 Å². The van der Waals surface area contributed by atoms with Crippen LogP contribution in [0.2, 0.25) is 0 Å². The first-order chi connectivity index (χ1) is 7.35. The maximum atomic E-state index is 11.9. The largest absolute Gasteiger partial charge is 0.481 e. The lowest BCUT2D eigenvalue weighted by atomic mass is 10.2. The van der Waals surface area contributed by atoms with Gasteiger partial charge in [0, 0.05) is 12.6 Å². The van der Waals surface area contributed by atoms with Crippen molar-refractivity contribution in [3.05, 3.63) is 0 Å². The quantitative estimate of drug-likeness (QED) is 0.705. The predicted octanol–water partition coefficient (Wildman–Crippen LogP) is 1.30. The number of hydrogen-bond acceptors (Lipinski definition) is 3. The van der Waals surface area contributed by atoms with Crippen LogP contribution in [-0.4, -0.2) is 42.1 Å². The minimum absolute atomic E-state index is 0.0985. The Balaban J connectivity index is 4.64. The Hall–Kier alpha value is -0.620. The third-order valence-corrected chi connectivity index (χ3v) is 4.52. The molecule has 0 aliphatic rings. The first kappa shape index (κ1) is 15.4. The zero-order valence-corrected chi connectivity index (χ0v) is 11.0. The first-order valence-electron chi connectivity index (χ1n) is 5.56. The molecule has 1 N–H and O–H groups in total. The lowest BCUT2D eigenvalue weighted by Gasteiger charge is -2.26. The van der Waals surface area contributed by atoms with Crippen LogP contribution in [0.5, 0.6) is 0 Å². The van der Waals surface area contributed by atoms with Crippen molar-refractivity contribution in [2.24, 2.45) is 0 Å². The van der Waals surface area contributed by atoms with Gasteiger partial charge in [-0.05, 0) is 13.3 Å². The van der Waals surface area contributed by atoms with E-state index in [2.05, 4.69) is 0 Å². The number of hydrogen-bond donors (Lipinski definition) is 1. The molecule has 16 heavy (non-hydrogen) atoms. The molecule has 1 unspecified atom stereocenters. The fourth-order valence-corrected chi connectivity index (χ4v) is 3.49. The molecule has 96 valence electrons. The number of carboxylic acids is 1. The van der Waals surface area contributed by atoms with Crippen molar-refractivity contribution in [1.82, 2.24) is 4.31 Å². The summed E-state index contributed by atoms with van der Waals surface area (Å²) in [5, 5.41) is 8.65. The van der Waals surface area contributed by atoms with Crippen LogP contribution >= 0.6 is 0 Å². The van der Waals surface area contributed by atoms with Gasteiger partial charge in [0.25, 0.3) is 0 Å². The van der Waals surface area contributed by atoms with Gasteiger partial charge in [-0.2, -0.15) is 4.31 Å². The molecule has 6 heteroatoms. The smallest absolute Gasteiger partial charge is 0.304 e. The minimum Gasteiger partial charge on any atom is -0.481 e. The van der Waals surface area contributed by atoms with Gasteiger partial charge in [-0.3, -0.25) is 4.79 Å². The molecule has 0 aromatic carbocycles. The van der Waals surface area contributed by atoms with Crippen LogP contribution in [0.15, 0.2) is 0 Å². The third-order valence-electron chi connectivity index (χ3n) is 2.39. The fraction of sp³-hybridized carbons (Fsp3) is 0.900. The summed E-state index contributed by atoms with van der Waals surface area (Å²) in [5.74, 6) is -0.877. The minimum atomic E-state index is -3.31. The highest BCUT2D eigenvalue weighted by molar-refractivity contribution is 7.89. The van der Waals surface area contributed by atoms with Gasteiger partial charge in [0.1, 0.15) is 0 Å². The average Bonchev–Trinajstić information content (AvgIpc) is 2.14. The molecule has 0 aliphatic carbocycles. The van der Waals surface area contributed by atoms with E-state index >= 15 is 0 Å². The standard InChI is InChI=1S/C10H21NO4S/c1-4-6-7-16(14,15)11(5-2)9(3)8-10(12)13/h9H,4-8H2,1-3H3,(H,12,13). The summed E-state index contributed by atoms with van der Waals surface area (Å²) in [4.78, 5) is 10.5. The second kappa shape index (κ2) is 6.85. The SMILES string of the molecule is CCCCS(=O)(=O)N(CC)C(C)CC(=O)O. The highest BCUT2D eigenvalue weighted by Gasteiger charge is 2.26. The Morgan fingerprint density at radius 1 is 1.38 bits per heavy atom. The molecule has 0 saturated carbocycles. The van der Waals surface area contributed by atoms with Crippen molar-refractivity contribution in [1.29, 1.82) is 0 Å². The molecule has 0 radical (unpaired) electrons. The van der Waals surface area contributed by atoms with Gasteiger partial charge >= 0.3 is 5.97 Å². The zero-order chi connectivity index (χ0) is 12.8. The van der Waals surface area contributed by atoms with Crippen LogP contribution in [0.3, 0.4) is 0 Å². The van der Waals surface area contributed by atoms with Crippen molar-refractivity contribution >= 4 is 16.0 Å². The molecule has 5 nitrogen and oxygen atoms in total. The number of carboxylic acid groups (broad SMARTS) is 1.